The Morgan fingerprint density at radius 1 is 1.35 bits per heavy atom. The summed E-state index contributed by atoms with van der Waals surface area (Å²) in [5, 5.41) is 17.1. The van der Waals surface area contributed by atoms with E-state index in [1.807, 2.05) is 35.7 Å². The van der Waals surface area contributed by atoms with E-state index in [0.717, 1.165) is 11.3 Å². The summed E-state index contributed by atoms with van der Waals surface area (Å²) in [4.78, 5) is 17.7. The molecule has 1 N–H and O–H groups in total. The number of aromatic nitrogens is 5. The summed E-state index contributed by atoms with van der Waals surface area (Å²) in [6, 6.07) is 9.03. The molecule has 0 spiro atoms. The molecular formula is C15H16N6OS. The Hall–Kier alpha value is -2.61. The van der Waals surface area contributed by atoms with Gasteiger partial charge in [-0.25, -0.2) is 4.98 Å². The van der Waals surface area contributed by atoms with Gasteiger partial charge in [0.2, 0.25) is 11.7 Å². The van der Waals surface area contributed by atoms with Crippen LogP contribution in [0.4, 0.5) is 0 Å². The van der Waals surface area contributed by atoms with Gasteiger partial charge in [0, 0.05) is 23.9 Å². The summed E-state index contributed by atoms with van der Waals surface area (Å²) in [5.74, 6) is 0.366. The average Bonchev–Trinajstić information content (AvgIpc) is 3.26. The zero-order chi connectivity index (χ0) is 16.1. The first-order valence-corrected chi connectivity index (χ1v) is 8.18. The minimum atomic E-state index is -0.518. The van der Waals surface area contributed by atoms with Crippen molar-refractivity contribution in [1.82, 2.24) is 30.5 Å². The second-order valence-corrected chi connectivity index (χ2v) is 5.71. The van der Waals surface area contributed by atoms with Crippen LogP contribution in [-0.4, -0.2) is 37.6 Å². The van der Waals surface area contributed by atoms with Crippen LogP contribution in [0.1, 0.15) is 18.7 Å². The van der Waals surface area contributed by atoms with Gasteiger partial charge in [-0.3, -0.25) is 4.79 Å². The summed E-state index contributed by atoms with van der Waals surface area (Å²) in [6.07, 6.45) is 0.710. The zero-order valence-corrected chi connectivity index (χ0v) is 13.4. The molecule has 0 bridgehead atoms. The quantitative estimate of drug-likeness (QED) is 0.744. The van der Waals surface area contributed by atoms with Crippen LogP contribution in [-0.2, 0) is 11.2 Å². The lowest BCUT2D eigenvalue weighted by molar-refractivity contribution is -0.124. The fourth-order valence-corrected chi connectivity index (χ4v) is 2.61. The predicted octanol–water partition coefficient (Wildman–Crippen LogP) is 1.72. The van der Waals surface area contributed by atoms with E-state index in [0.29, 0.717) is 18.8 Å². The number of amides is 1. The average molecular weight is 328 g/mol. The molecule has 0 aliphatic rings. The van der Waals surface area contributed by atoms with Gasteiger partial charge in [0.05, 0.1) is 11.2 Å². The van der Waals surface area contributed by atoms with E-state index >= 15 is 0 Å². The number of nitrogens with one attached hydrogen (secondary N) is 1. The molecule has 1 atom stereocenters. The molecule has 2 aromatic heterocycles. The summed E-state index contributed by atoms with van der Waals surface area (Å²) >= 11 is 1.55. The standard InChI is InChI=1S/C15H16N6OS/c1-11(15(22)16-8-7-13-9-23-10-17-13)21-19-14(18-20-21)12-5-3-2-4-6-12/h2-6,9-11H,7-8H2,1H3,(H,16,22)/t11-/m0/s1. The van der Waals surface area contributed by atoms with Gasteiger partial charge < -0.3 is 5.32 Å². The highest BCUT2D eigenvalue weighted by Crippen LogP contribution is 2.13. The predicted molar refractivity (Wildman–Crippen MR) is 86.8 cm³/mol. The van der Waals surface area contributed by atoms with Crippen LogP contribution >= 0.6 is 11.3 Å². The van der Waals surface area contributed by atoms with Crippen LogP contribution in [0.5, 0.6) is 0 Å². The second kappa shape index (κ2) is 7.10. The smallest absolute Gasteiger partial charge is 0.246 e. The van der Waals surface area contributed by atoms with Crippen LogP contribution in [0.3, 0.4) is 0 Å². The van der Waals surface area contributed by atoms with Gasteiger partial charge >= 0.3 is 0 Å². The molecule has 1 amide bonds. The fraction of sp³-hybridized carbons (Fsp3) is 0.267. The van der Waals surface area contributed by atoms with Gasteiger partial charge in [-0.1, -0.05) is 30.3 Å². The van der Waals surface area contributed by atoms with E-state index in [4.69, 9.17) is 0 Å². The SMILES string of the molecule is C[C@@H](C(=O)NCCc1cscn1)n1nnc(-c2ccccc2)n1. The van der Waals surface area contributed by atoms with E-state index in [2.05, 4.69) is 25.7 Å². The van der Waals surface area contributed by atoms with Crippen molar-refractivity contribution in [2.45, 2.75) is 19.4 Å². The Morgan fingerprint density at radius 3 is 2.91 bits per heavy atom. The van der Waals surface area contributed by atoms with Gasteiger partial charge in [0.1, 0.15) is 6.04 Å². The Kier molecular flexibility index (Phi) is 4.72. The molecular weight excluding hydrogens is 312 g/mol. The molecule has 0 fully saturated rings. The zero-order valence-electron chi connectivity index (χ0n) is 12.6. The summed E-state index contributed by atoms with van der Waals surface area (Å²) < 4.78 is 0. The first-order valence-electron chi connectivity index (χ1n) is 7.24. The lowest BCUT2D eigenvalue weighted by Crippen LogP contribution is -2.33. The molecule has 0 saturated heterocycles. The van der Waals surface area contributed by atoms with E-state index in [1.165, 1.54) is 4.80 Å². The monoisotopic (exact) mass is 328 g/mol. The van der Waals surface area contributed by atoms with Crippen molar-refractivity contribution in [3.05, 3.63) is 46.9 Å². The van der Waals surface area contributed by atoms with E-state index in [-0.39, 0.29) is 5.91 Å². The number of nitrogens with zero attached hydrogens (tertiary/aromatic N) is 5. The van der Waals surface area contributed by atoms with Crippen molar-refractivity contribution in [2.75, 3.05) is 6.54 Å². The maximum absolute atomic E-state index is 12.2. The third kappa shape index (κ3) is 3.78. The van der Waals surface area contributed by atoms with Crippen LogP contribution in [0.15, 0.2) is 41.2 Å². The minimum Gasteiger partial charge on any atom is -0.354 e. The van der Waals surface area contributed by atoms with Gasteiger partial charge in [-0.05, 0) is 12.1 Å². The van der Waals surface area contributed by atoms with E-state index in [9.17, 15) is 4.79 Å². The van der Waals surface area contributed by atoms with Crippen molar-refractivity contribution in [1.29, 1.82) is 0 Å². The Bertz CT molecular complexity index is 755. The molecule has 0 aliphatic heterocycles. The summed E-state index contributed by atoms with van der Waals surface area (Å²) in [6.45, 7) is 2.28. The lowest BCUT2D eigenvalue weighted by Gasteiger charge is -2.10. The Morgan fingerprint density at radius 2 is 2.17 bits per heavy atom. The van der Waals surface area contributed by atoms with Gasteiger partial charge in [-0.15, -0.1) is 21.5 Å². The van der Waals surface area contributed by atoms with Gasteiger partial charge in [0.25, 0.3) is 0 Å². The molecule has 7 nitrogen and oxygen atoms in total. The van der Waals surface area contributed by atoms with E-state index < -0.39 is 6.04 Å². The second-order valence-electron chi connectivity index (χ2n) is 5.00. The normalized spacial score (nSPS) is 12.0. The minimum absolute atomic E-state index is 0.141. The molecule has 0 aliphatic carbocycles. The number of tetrazole rings is 1. The molecule has 3 aromatic rings. The summed E-state index contributed by atoms with van der Waals surface area (Å²) in [7, 11) is 0. The summed E-state index contributed by atoms with van der Waals surface area (Å²) in [5.41, 5.74) is 3.63. The topological polar surface area (TPSA) is 85.6 Å². The van der Waals surface area contributed by atoms with E-state index in [1.54, 1.807) is 23.8 Å². The lowest BCUT2D eigenvalue weighted by atomic mass is 10.2. The van der Waals surface area contributed by atoms with Crippen LogP contribution in [0.2, 0.25) is 0 Å². The molecule has 2 heterocycles. The number of hydrogen-bond donors (Lipinski definition) is 1. The van der Waals surface area contributed by atoms with Crippen molar-refractivity contribution < 1.29 is 4.79 Å². The van der Waals surface area contributed by atoms with Crippen molar-refractivity contribution in [2.24, 2.45) is 0 Å². The molecule has 118 valence electrons. The number of carbonyl (C=O) groups is 1. The highest BCUT2D eigenvalue weighted by molar-refractivity contribution is 7.07. The number of hydrogen-bond acceptors (Lipinski definition) is 6. The number of rotatable bonds is 6. The molecule has 8 heteroatoms. The molecule has 3 rings (SSSR count). The molecule has 0 saturated carbocycles. The molecule has 0 radical (unpaired) electrons. The van der Waals surface area contributed by atoms with Crippen LogP contribution < -0.4 is 5.32 Å². The van der Waals surface area contributed by atoms with Crippen LogP contribution in [0, 0.1) is 0 Å². The first-order chi connectivity index (χ1) is 11.2. The number of carbonyl (C=O) groups excluding carboxylic acids is 1. The maximum Gasteiger partial charge on any atom is 0.246 e. The Balaban J connectivity index is 1.58. The highest BCUT2D eigenvalue weighted by atomic mass is 32.1. The first kappa shape index (κ1) is 15.3. The number of benzene rings is 1. The highest BCUT2D eigenvalue weighted by Gasteiger charge is 2.18. The third-order valence-electron chi connectivity index (χ3n) is 3.35. The molecule has 23 heavy (non-hydrogen) atoms. The van der Waals surface area contributed by atoms with Gasteiger partial charge in [0.15, 0.2) is 0 Å². The third-order valence-corrected chi connectivity index (χ3v) is 3.99. The van der Waals surface area contributed by atoms with Crippen LogP contribution in [0.25, 0.3) is 11.4 Å². The van der Waals surface area contributed by atoms with Crippen molar-refractivity contribution >= 4 is 17.2 Å². The van der Waals surface area contributed by atoms with Gasteiger partial charge in [-0.2, -0.15) is 4.80 Å². The fourth-order valence-electron chi connectivity index (χ4n) is 2.02. The molecule has 1 aromatic carbocycles. The van der Waals surface area contributed by atoms with Crippen molar-refractivity contribution in [3.8, 4) is 11.4 Å². The maximum atomic E-state index is 12.2. The number of thiazole rings is 1. The van der Waals surface area contributed by atoms with Crippen molar-refractivity contribution in [3.63, 3.8) is 0 Å². The molecule has 0 unspecified atom stereocenters. The Labute approximate surface area is 137 Å². The largest absolute Gasteiger partial charge is 0.354 e.